The van der Waals surface area contributed by atoms with Gasteiger partial charge in [-0.1, -0.05) is 0 Å². The second kappa shape index (κ2) is 9.32. The number of nitrogens with zero attached hydrogens (tertiary/aromatic N) is 5. The summed E-state index contributed by atoms with van der Waals surface area (Å²) in [6, 6.07) is 0.937. The van der Waals surface area contributed by atoms with Crippen LogP contribution in [0.4, 0.5) is 29.9 Å². The summed E-state index contributed by atoms with van der Waals surface area (Å²) >= 11 is 1.45. The zero-order valence-electron chi connectivity index (χ0n) is 21.8. The minimum absolute atomic E-state index is 0.0115. The molecule has 4 aliphatic carbocycles. The molecule has 10 nitrogen and oxygen atoms in total. The van der Waals surface area contributed by atoms with Crippen molar-refractivity contribution in [3.05, 3.63) is 34.1 Å². The summed E-state index contributed by atoms with van der Waals surface area (Å²) < 4.78 is 42.9. The number of carbonyl (C=O) groups is 2. The van der Waals surface area contributed by atoms with Crippen molar-refractivity contribution in [1.82, 2.24) is 29.9 Å². The molecule has 14 heteroatoms. The van der Waals surface area contributed by atoms with Crippen LogP contribution in [-0.4, -0.2) is 48.6 Å². The van der Waals surface area contributed by atoms with Crippen molar-refractivity contribution in [2.75, 3.05) is 10.6 Å². The number of hydrogen-bond donors (Lipinski definition) is 3. The zero-order valence-corrected chi connectivity index (χ0v) is 22.6. The lowest BCUT2D eigenvalue weighted by Gasteiger charge is -2.31. The lowest BCUT2D eigenvalue weighted by Crippen LogP contribution is -2.45. The van der Waals surface area contributed by atoms with Gasteiger partial charge < -0.3 is 16.0 Å². The molecule has 3 heterocycles. The number of halogens is 3. The van der Waals surface area contributed by atoms with Gasteiger partial charge in [0.2, 0.25) is 11.9 Å². The summed E-state index contributed by atoms with van der Waals surface area (Å²) in [5.74, 6) is 0.413. The van der Waals surface area contributed by atoms with Crippen LogP contribution in [0, 0.1) is 11.3 Å². The average molecular weight is 575 g/mol. The Labute approximate surface area is 231 Å². The minimum Gasteiger partial charge on any atom is -0.349 e. The van der Waals surface area contributed by atoms with Gasteiger partial charge in [0, 0.05) is 36.0 Å². The molecular weight excluding hydrogens is 545 g/mol. The van der Waals surface area contributed by atoms with Gasteiger partial charge in [-0.15, -0.1) is 21.5 Å². The number of amides is 2. The number of nitrogens with one attached hydrogen (secondary N) is 3. The summed E-state index contributed by atoms with van der Waals surface area (Å²) in [4.78, 5) is 27.6. The first-order chi connectivity index (χ1) is 19.2. The van der Waals surface area contributed by atoms with Gasteiger partial charge in [0.05, 0.1) is 5.56 Å². The van der Waals surface area contributed by atoms with Gasteiger partial charge in [-0.3, -0.25) is 18.8 Å². The fourth-order valence-corrected chi connectivity index (χ4v) is 7.36. The van der Waals surface area contributed by atoms with E-state index >= 15 is 0 Å². The Morgan fingerprint density at radius 1 is 1.25 bits per heavy atom. The molecule has 0 bridgehead atoms. The number of rotatable bonds is 8. The van der Waals surface area contributed by atoms with Crippen molar-refractivity contribution < 1.29 is 22.8 Å². The van der Waals surface area contributed by atoms with E-state index in [2.05, 4.69) is 31.2 Å². The highest BCUT2D eigenvalue weighted by Gasteiger charge is 2.65. The summed E-state index contributed by atoms with van der Waals surface area (Å²) in [5.41, 5.74) is 1.17. The maximum atomic E-state index is 13.5. The minimum atomic E-state index is -2.69. The van der Waals surface area contributed by atoms with E-state index in [-0.39, 0.29) is 40.9 Å². The molecule has 0 unspecified atom stereocenters. The molecule has 212 valence electrons. The highest BCUT2D eigenvalue weighted by Crippen LogP contribution is 2.70. The van der Waals surface area contributed by atoms with Gasteiger partial charge in [0.25, 0.3) is 12.3 Å². The van der Waals surface area contributed by atoms with Crippen LogP contribution < -0.4 is 16.0 Å². The summed E-state index contributed by atoms with van der Waals surface area (Å²) in [7, 11) is 1.56. The quantitative estimate of drug-likeness (QED) is 0.366. The van der Waals surface area contributed by atoms with Gasteiger partial charge in [0.15, 0.2) is 0 Å². The van der Waals surface area contributed by atoms with E-state index in [1.54, 1.807) is 13.4 Å². The Balaban J connectivity index is 1.15. The average Bonchev–Trinajstić information content (AvgIpc) is 3.65. The molecule has 3 fully saturated rings. The largest absolute Gasteiger partial charge is 0.349 e. The number of alkyl halides is 3. The van der Waals surface area contributed by atoms with Crippen molar-refractivity contribution in [2.24, 2.45) is 18.4 Å². The Kier molecular flexibility index (Phi) is 5.95. The van der Waals surface area contributed by atoms with Crippen LogP contribution in [0.1, 0.15) is 77.5 Å². The van der Waals surface area contributed by atoms with E-state index in [0.29, 0.717) is 48.0 Å². The van der Waals surface area contributed by atoms with Crippen molar-refractivity contribution in [3.8, 4) is 0 Å². The number of aryl methyl sites for hydroxylation is 2. The van der Waals surface area contributed by atoms with E-state index in [1.165, 1.54) is 22.1 Å². The predicted molar refractivity (Wildman–Crippen MR) is 141 cm³/mol. The summed E-state index contributed by atoms with van der Waals surface area (Å²) in [6.07, 6.45) is 3.58. The Hall–Kier alpha value is -3.42. The molecule has 3 N–H and O–H groups in total. The Morgan fingerprint density at radius 2 is 2.05 bits per heavy atom. The molecule has 0 aliphatic heterocycles. The van der Waals surface area contributed by atoms with E-state index in [9.17, 15) is 22.8 Å². The van der Waals surface area contributed by atoms with E-state index in [1.807, 2.05) is 4.57 Å². The standard InChI is InChI=1S/C26H29F3N8O2S/c1-36-19(9-17(35-36)21(28)29)32-25-34-30-11-37(25)14-2-3-18-15(8-14)20(23(39)31-13-6-12(27)7-13)24(40-18)33-22(38)16-10-26(16)4-5-26/h9,11-14,16,21H,2-8,10H2,1H3,(H,31,39)(H,32,34)(H,33,38)/t12-,13-,14-,16+/m0/s1. The summed E-state index contributed by atoms with van der Waals surface area (Å²) in [6.45, 7) is 0. The number of hydrogen-bond acceptors (Lipinski definition) is 7. The van der Waals surface area contributed by atoms with Gasteiger partial charge in [-0.2, -0.15) is 5.10 Å². The number of carbonyl (C=O) groups excluding carboxylic acids is 2. The fourth-order valence-electron chi connectivity index (χ4n) is 6.11. The highest BCUT2D eigenvalue weighted by molar-refractivity contribution is 7.17. The van der Waals surface area contributed by atoms with Crippen molar-refractivity contribution in [2.45, 2.75) is 76.0 Å². The predicted octanol–water partition coefficient (Wildman–Crippen LogP) is 4.45. The van der Waals surface area contributed by atoms with E-state index < -0.39 is 12.6 Å². The number of anilines is 3. The SMILES string of the molecule is Cn1nc(C(F)F)cc1Nc1nncn1[C@H]1CCc2sc(NC(=O)[C@H]3CC34CC4)c(C(=O)N[C@H]3C[C@H](F)C3)c2C1. The van der Waals surface area contributed by atoms with Crippen LogP contribution >= 0.6 is 11.3 Å². The Morgan fingerprint density at radius 3 is 2.73 bits per heavy atom. The first kappa shape index (κ1) is 25.5. The van der Waals surface area contributed by atoms with Gasteiger partial charge in [-0.05, 0) is 62.3 Å². The van der Waals surface area contributed by atoms with Gasteiger partial charge in [-0.25, -0.2) is 13.2 Å². The van der Waals surface area contributed by atoms with Crippen LogP contribution in [-0.2, 0) is 24.7 Å². The first-order valence-electron chi connectivity index (χ1n) is 13.6. The number of fused-ring (bicyclic) bond motifs is 1. The molecule has 1 spiro atoms. The monoisotopic (exact) mass is 574 g/mol. The highest BCUT2D eigenvalue weighted by atomic mass is 32.1. The molecule has 0 saturated heterocycles. The number of thiophene rings is 1. The maximum Gasteiger partial charge on any atom is 0.282 e. The molecule has 3 saturated carbocycles. The summed E-state index contributed by atoms with van der Waals surface area (Å²) in [5, 5.41) is 21.7. The fraction of sp³-hybridized carbons (Fsp3) is 0.577. The third kappa shape index (κ3) is 4.45. The smallest absolute Gasteiger partial charge is 0.282 e. The van der Waals surface area contributed by atoms with Crippen molar-refractivity contribution >= 4 is 39.9 Å². The second-order valence-electron chi connectivity index (χ2n) is 11.5. The van der Waals surface area contributed by atoms with Crippen LogP contribution in [0.3, 0.4) is 0 Å². The van der Waals surface area contributed by atoms with Crippen LogP contribution in [0.15, 0.2) is 12.4 Å². The Bertz CT molecular complexity index is 1490. The lowest BCUT2D eigenvalue weighted by atomic mass is 9.89. The number of aromatic nitrogens is 5. The molecular formula is C26H29F3N8O2S. The molecule has 3 aromatic rings. The lowest BCUT2D eigenvalue weighted by molar-refractivity contribution is -0.117. The van der Waals surface area contributed by atoms with Gasteiger partial charge >= 0.3 is 0 Å². The maximum absolute atomic E-state index is 13.5. The van der Waals surface area contributed by atoms with Crippen molar-refractivity contribution in [1.29, 1.82) is 0 Å². The first-order valence-corrected chi connectivity index (χ1v) is 14.4. The van der Waals surface area contributed by atoms with Crippen molar-refractivity contribution in [3.63, 3.8) is 0 Å². The molecule has 3 aromatic heterocycles. The normalized spacial score (nSPS) is 25.8. The molecule has 7 rings (SSSR count). The third-order valence-corrected chi connectivity index (χ3v) is 10.0. The molecule has 0 aromatic carbocycles. The third-order valence-electron chi connectivity index (χ3n) is 8.84. The second-order valence-corrected chi connectivity index (χ2v) is 12.6. The van der Waals surface area contributed by atoms with Crippen LogP contribution in [0.25, 0.3) is 0 Å². The van der Waals surface area contributed by atoms with Gasteiger partial charge in [0.1, 0.15) is 29.0 Å². The zero-order chi connectivity index (χ0) is 27.8. The van der Waals surface area contributed by atoms with Crippen LogP contribution in [0.5, 0.6) is 0 Å². The van der Waals surface area contributed by atoms with E-state index in [0.717, 1.165) is 36.1 Å². The molecule has 2 atom stereocenters. The molecule has 0 radical (unpaired) electrons. The van der Waals surface area contributed by atoms with Crippen LogP contribution in [0.2, 0.25) is 0 Å². The topological polar surface area (TPSA) is 119 Å². The van der Waals surface area contributed by atoms with E-state index in [4.69, 9.17) is 0 Å². The molecule has 40 heavy (non-hydrogen) atoms. The molecule has 2 amide bonds. The molecule has 4 aliphatic rings.